The van der Waals surface area contributed by atoms with Gasteiger partial charge in [-0.2, -0.15) is 0 Å². The molecule has 0 bridgehead atoms. The standard InChI is InChI=1S/C13H18ClNO5/c1-20-10-4-2-9(3-5-10)11(14)12(19)15-13(6-16,7-17)8-18/h2-5,11,16-18H,6-8H2,1H3,(H,15,19). The van der Waals surface area contributed by atoms with Crippen LogP contribution in [-0.2, 0) is 4.79 Å². The van der Waals surface area contributed by atoms with Crippen LogP contribution in [0.5, 0.6) is 5.75 Å². The molecule has 1 atom stereocenters. The van der Waals surface area contributed by atoms with Crippen LogP contribution in [0.25, 0.3) is 0 Å². The summed E-state index contributed by atoms with van der Waals surface area (Å²) in [6.07, 6.45) is 0. The van der Waals surface area contributed by atoms with Crippen LogP contribution in [-0.4, -0.2) is 53.7 Å². The van der Waals surface area contributed by atoms with E-state index in [1.54, 1.807) is 24.3 Å². The molecule has 0 radical (unpaired) electrons. The molecule has 0 saturated carbocycles. The summed E-state index contributed by atoms with van der Waals surface area (Å²) in [5.74, 6) is 0.0161. The van der Waals surface area contributed by atoms with E-state index >= 15 is 0 Å². The van der Waals surface area contributed by atoms with Crippen molar-refractivity contribution in [1.29, 1.82) is 0 Å². The van der Waals surface area contributed by atoms with Gasteiger partial charge >= 0.3 is 0 Å². The molecule has 1 amide bonds. The molecule has 0 aliphatic rings. The molecule has 1 unspecified atom stereocenters. The molecule has 6 nitrogen and oxygen atoms in total. The van der Waals surface area contributed by atoms with Crippen LogP contribution in [0.4, 0.5) is 0 Å². The molecule has 0 saturated heterocycles. The van der Waals surface area contributed by atoms with E-state index in [1.807, 2.05) is 0 Å². The summed E-state index contributed by atoms with van der Waals surface area (Å²) in [7, 11) is 1.53. The number of alkyl halides is 1. The minimum absolute atomic E-state index is 0.535. The van der Waals surface area contributed by atoms with Crippen molar-refractivity contribution in [3.8, 4) is 5.75 Å². The average molecular weight is 304 g/mol. The van der Waals surface area contributed by atoms with E-state index in [4.69, 9.17) is 31.7 Å². The monoisotopic (exact) mass is 303 g/mol. The first kappa shape index (κ1) is 16.7. The lowest BCUT2D eigenvalue weighted by molar-refractivity contribution is -0.125. The molecule has 0 heterocycles. The second-order valence-electron chi connectivity index (χ2n) is 4.38. The Kier molecular flexibility index (Phi) is 6.22. The van der Waals surface area contributed by atoms with E-state index < -0.39 is 36.6 Å². The second kappa shape index (κ2) is 7.44. The van der Waals surface area contributed by atoms with Crippen LogP contribution < -0.4 is 10.1 Å². The Labute approximate surface area is 121 Å². The lowest BCUT2D eigenvalue weighted by Crippen LogP contribution is -2.57. The zero-order valence-corrected chi connectivity index (χ0v) is 11.8. The minimum Gasteiger partial charge on any atom is -0.497 e. The summed E-state index contributed by atoms with van der Waals surface area (Å²) in [6, 6.07) is 6.59. The summed E-state index contributed by atoms with van der Waals surface area (Å²) in [4.78, 5) is 12.0. The number of hydrogen-bond acceptors (Lipinski definition) is 5. The highest BCUT2D eigenvalue weighted by molar-refractivity contribution is 6.30. The average Bonchev–Trinajstić information content (AvgIpc) is 2.52. The maximum absolute atomic E-state index is 12.0. The van der Waals surface area contributed by atoms with Gasteiger partial charge in [0.25, 0.3) is 0 Å². The molecule has 0 aliphatic heterocycles. The third kappa shape index (κ3) is 3.83. The Morgan fingerprint density at radius 2 is 1.75 bits per heavy atom. The Morgan fingerprint density at radius 3 is 2.15 bits per heavy atom. The number of benzene rings is 1. The van der Waals surface area contributed by atoms with Gasteiger partial charge in [0.15, 0.2) is 0 Å². The Hall–Kier alpha value is -1.34. The molecule has 112 valence electrons. The maximum atomic E-state index is 12.0. The molecule has 0 spiro atoms. The number of hydrogen-bond donors (Lipinski definition) is 4. The third-order valence-corrected chi connectivity index (χ3v) is 3.39. The first-order chi connectivity index (χ1) is 9.51. The van der Waals surface area contributed by atoms with Crippen molar-refractivity contribution in [1.82, 2.24) is 5.32 Å². The Bertz CT molecular complexity index is 425. The van der Waals surface area contributed by atoms with E-state index in [0.717, 1.165) is 0 Å². The van der Waals surface area contributed by atoms with Crippen molar-refractivity contribution >= 4 is 17.5 Å². The Balaban J connectivity index is 2.80. The van der Waals surface area contributed by atoms with Gasteiger partial charge in [0.2, 0.25) is 5.91 Å². The van der Waals surface area contributed by atoms with Crippen LogP contribution in [0, 0.1) is 0 Å². The predicted molar refractivity (Wildman–Crippen MR) is 73.7 cm³/mol. The molecular formula is C13H18ClNO5. The number of rotatable bonds is 7. The van der Waals surface area contributed by atoms with Gasteiger partial charge in [0.05, 0.1) is 26.9 Å². The lowest BCUT2D eigenvalue weighted by Gasteiger charge is -2.29. The van der Waals surface area contributed by atoms with E-state index in [0.29, 0.717) is 11.3 Å². The summed E-state index contributed by atoms with van der Waals surface area (Å²) in [5.41, 5.74) is -0.954. The number of nitrogens with one attached hydrogen (secondary N) is 1. The fraction of sp³-hybridized carbons (Fsp3) is 0.462. The van der Waals surface area contributed by atoms with Crippen molar-refractivity contribution in [2.45, 2.75) is 10.9 Å². The molecular weight excluding hydrogens is 286 g/mol. The molecule has 1 aromatic rings. The molecule has 0 aromatic heterocycles. The highest BCUT2D eigenvalue weighted by Crippen LogP contribution is 2.23. The predicted octanol–water partition coefficient (Wildman–Crippen LogP) is -0.193. The summed E-state index contributed by atoms with van der Waals surface area (Å²) >= 11 is 6.03. The van der Waals surface area contributed by atoms with E-state index in [9.17, 15) is 4.79 Å². The number of aliphatic hydroxyl groups excluding tert-OH is 3. The van der Waals surface area contributed by atoms with Crippen molar-refractivity contribution in [3.63, 3.8) is 0 Å². The number of amides is 1. The Morgan fingerprint density at radius 1 is 1.25 bits per heavy atom. The number of methoxy groups -OCH3 is 1. The largest absolute Gasteiger partial charge is 0.497 e. The first-order valence-electron chi connectivity index (χ1n) is 5.94. The van der Waals surface area contributed by atoms with E-state index in [-0.39, 0.29) is 0 Å². The highest BCUT2D eigenvalue weighted by atomic mass is 35.5. The number of carbonyl (C=O) groups excluding carboxylic acids is 1. The molecule has 0 fully saturated rings. The number of carbonyl (C=O) groups is 1. The topological polar surface area (TPSA) is 99.0 Å². The fourth-order valence-corrected chi connectivity index (χ4v) is 1.72. The van der Waals surface area contributed by atoms with E-state index in [2.05, 4.69) is 5.32 Å². The van der Waals surface area contributed by atoms with Gasteiger partial charge in [-0.05, 0) is 17.7 Å². The normalized spacial score (nSPS) is 12.8. The number of halogens is 1. The van der Waals surface area contributed by atoms with Crippen molar-refractivity contribution in [2.24, 2.45) is 0 Å². The van der Waals surface area contributed by atoms with Gasteiger partial charge in [-0.3, -0.25) is 4.79 Å². The van der Waals surface area contributed by atoms with Gasteiger partial charge in [-0.1, -0.05) is 12.1 Å². The van der Waals surface area contributed by atoms with Crippen LogP contribution in [0.1, 0.15) is 10.9 Å². The zero-order valence-electron chi connectivity index (χ0n) is 11.0. The van der Waals surface area contributed by atoms with Crippen LogP contribution >= 0.6 is 11.6 Å². The molecule has 1 rings (SSSR count). The maximum Gasteiger partial charge on any atom is 0.243 e. The number of aliphatic hydroxyl groups is 3. The summed E-state index contributed by atoms with van der Waals surface area (Å²) in [6.45, 7) is -1.80. The quantitative estimate of drug-likeness (QED) is 0.523. The third-order valence-electron chi connectivity index (χ3n) is 2.94. The first-order valence-corrected chi connectivity index (χ1v) is 6.38. The van der Waals surface area contributed by atoms with Crippen molar-refractivity contribution in [2.75, 3.05) is 26.9 Å². The summed E-state index contributed by atoms with van der Waals surface area (Å²) < 4.78 is 5.00. The van der Waals surface area contributed by atoms with Gasteiger partial charge in [-0.15, -0.1) is 11.6 Å². The second-order valence-corrected chi connectivity index (χ2v) is 4.82. The van der Waals surface area contributed by atoms with Gasteiger partial charge in [0, 0.05) is 0 Å². The highest BCUT2D eigenvalue weighted by Gasteiger charge is 2.32. The molecule has 1 aromatic carbocycles. The van der Waals surface area contributed by atoms with Crippen LogP contribution in [0.15, 0.2) is 24.3 Å². The minimum atomic E-state index is -1.49. The SMILES string of the molecule is COc1ccc(C(Cl)C(=O)NC(CO)(CO)CO)cc1. The number of ether oxygens (including phenoxy) is 1. The lowest BCUT2D eigenvalue weighted by atomic mass is 10.0. The molecule has 20 heavy (non-hydrogen) atoms. The van der Waals surface area contributed by atoms with Gasteiger partial charge < -0.3 is 25.4 Å². The van der Waals surface area contributed by atoms with Gasteiger partial charge in [0.1, 0.15) is 16.7 Å². The zero-order chi connectivity index (χ0) is 15.2. The van der Waals surface area contributed by atoms with Crippen molar-refractivity contribution < 1.29 is 24.9 Å². The summed E-state index contributed by atoms with van der Waals surface area (Å²) in [5, 5.41) is 28.8. The molecule has 4 N–H and O–H groups in total. The smallest absolute Gasteiger partial charge is 0.243 e. The van der Waals surface area contributed by atoms with Gasteiger partial charge in [-0.25, -0.2) is 0 Å². The fourth-order valence-electron chi connectivity index (χ4n) is 1.52. The van der Waals surface area contributed by atoms with E-state index in [1.165, 1.54) is 7.11 Å². The molecule has 7 heteroatoms. The van der Waals surface area contributed by atoms with Crippen molar-refractivity contribution in [3.05, 3.63) is 29.8 Å². The van der Waals surface area contributed by atoms with Crippen LogP contribution in [0.3, 0.4) is 0 Å². The molecule has 0 aliphatic carbocycles. The van der Waals surface area contributed by atoms with Crippen LogP contribution in [0.2, 0.25) is 0 Å².